The summed E-state index contributed by atoms with van der Waals surface area (Å²) in [6, 6.07) is 14.1. The van der Waals surface area contributed by atoms with Crippen molar-refractivity contribution in [3.05, 3.63) is 60.2 Å². The fraction of sp³-hybridized carbons (Fsp3) is 0.158. The summed E-state index contributed by atoms with van der Waals surface area (Å²) in [7, 11) is 3.16. The smallest absolute Gasteiger partial charge is 0.258 e. The quantitative estimate of drug-likeness (QED) is 0.812. The van der Waals surface area contributed by atoms with E-state index in [9.17, 15) is 9.59 Å². The molecule has 1 aliphatic rings. The lowest BCUT2D eigenvalue weighted by Crippen LogP contribution is -2.38. The molecule has 2 amide bonds. The molecule has 5 nitrogen and oxygen atoms in total. The number of imide groups is 1. The second kappa shape index (κ2) is 6.58. The molecule has 0 aromatic heterocycles. The third kappa shape index (κ3) is 3.01. The topological polar surface area (TPSA) is 55.8 Å². The number of methoxy groups -OCH3 is 2. The van der Waals surface area contributed by atoms with Gasteiger partial charge in [0.25, 0.3) is 5.91 Å². The van der Waals surface area contributed by atoms with Crippen LogP contribution in [0.3, 0.4) is 0 Å². The van der Waals surface area contributed by atoms with Gasteiger partial charge in [-0.1, -0.05) is 12.1 Å². The molecule has 5 heteroatoms. The Labute approximate surface area is 140 Å². The third-order valence-electron chi connectivity index (χ3n) is 3.90. The van der Waals surface area contributed by atoms with Crippen LogP contribution in [0.2, 0.25) is 0 Å². The fourth-order valence-corrected chi connectivity index (χ4v) is 2.62. The highest BCUT2D eigenvalue weighted by molar-refractivity contribution is 6.25. The Kier molecular flexibility index (Phi) is 4.33. The molecule has 3 rings (SSSR count). The third-order valence-corrected chi connectivity index (χ3v) is 3.90. The molecular formula is C19H17NO4. The van der Waals surface area contributed by atoms with Crippen LogP contribution >= 0.6 is 0 Å². The van der Waals surface area contributed by atoms with Crippen LogP contribution in [0.4, 0.5) is 5.69 Å². The Morgan fingerprint density at radius 1 is 0.833 bits per heavy atom. The molecule has 2 aromatic rings. The second-order valence-corrected chi connectivity index (χ2v) is 5.34. The molecular weight excluding hydrogens is 306 g/mol. The average molecular weight is 323 g/mol. The predicted octanol–water partition coefficient (Wildman–Crippen LogP) is 3.05. The van der Waals surface area contributed by atoms with Gasteiger partial charge in [0, 0.05) is 6.08 Å². The summed E-state index contributed by atoms with van der Waals surface area (Å²) in [4.78, 5) is 26.1. The molecule has 0 fully saturated rings. The van der Waals surface area contributed by atoms with Crippen molar-refractivity contribution >= 4 is 23.1 Å². The molecule has 0 bridgehead atoms. The van der Waals surface area contributed by atoms with Gasteiger partial charge < -0.3 is 9.47 Å². The molecule has 1 aliphatic heterocycles. The Morgan fingerprint density at radius 2 is 1.38 bits per heavy atom. The predicted molar refractivity (Wildman–Crippen MR) is 91.1 cm³/mol. The first-order valence-corrected chi connectivity index (χ1v) is 7.48. The molecule has 24 heavy (non-hydrogen) atoms. The van der Waals surface area contributed by atoms with Gasteiger partial charge in [0.1, 0.15) is 11.5 Å². The van der Waals surface area contributed by atoms with Crippen LogP contribution in [0, 0.1) is 0 Å². The van der Waals surface area contributed by atoms with E-state index in [1.165, 1.54) is 11.0 Å². The summed E-state index contributed by atoms with van der Waals surface area (Å²) in [5.41, 5.74) is 2.08. The van der Waals surface area contributed by atoms with Crippen LogP contribution in [0.25, 0.3) is 5.57 Å². The van der Waals surface area contributed by atoms with E-state index in [1.807, 2.05) is 12.1 Å². The maximum atomic E-state index is 12.5. The van der Waals surface area contributed by atoms with Gasteiger partial charge in [0.2, 0.25) is 5.91 Å². The fourth-order valence-electron chi connectivity index (χ4n) is 2.62. The van der Waals surface area contributed by atoms with Crippen molar-refractivity contribution < 1.29 is 19.1 Å². The normalized spacial score (nSPS) is 14.4. The van der Waals surface area contributed by atoms with Gasteiger partial charge in [-0.2, -0.15) is 0 Å². The van der Waals surface area contributed by atoms with Gasteiger partial charge >= 0.3 is 0 Å². The first kappa shape index (κ1) is 15.8. The monoisotopic (exact) mass is 323 g/mol. The summed E-state index contributed by atoms with van der Waals surface area (Å²) < 4.78 is 10.2. The van der Waals surface area contributed by atoms with Gasteiger partial charge in [-0.05, 0) is 47.5 Å². The summed E-state index contributed by atoms with van der Waals surface area (Å²) in [6.07, 6.45) is 1.68. The first-order valence-electron chi connectivity index (χ1n) is 7.48. The molecule has 0 unspecified atom stereocenters. The maximum Gasteiger partial charge on any atom is 0.258 e. The highest BCUT2D eigenvalue weighted by atomic mass is 16.5. The minimum Gasteiger partial charge on any atom is -0.497 e. The first-order chi connectivity index (χ1) is 11.6. The standard InChI is InChI=1S/C19H17NO4/c1-23-16-7-3-13(4-8-16)14-11-18(21)20(19(22)12-14)15-5-9-17(24-2)10-6-15/h3-11H,12H2,1-2H3. The summed E-state index contributed by atoms with van der Waals surface area (Å²) in [6.45, 7) is 0. The van der Waals surface area contributed by atoms with E-state index in [2.05, 4.69) is 0 Å². The molecule has 2 aromatic carbocycles. The Morgan fingerprint density at radius 3 is 1.88 bits per heavy atom. The zero-order chi connectivity index (χ0) is 17.1. The van der Waals surface area contributed by atoms with Gasteiger partial charge in [-0.15, -0.1) is 0 Å². The van der Waals surface area contributed by atoms with Crippen LogP contribution in [0.5, 0.6) is 11.5 Å². The summed E-state index contributed by atoms with van der Waals surface area (Å²) >= 11 is 0. The summed E-state index contributed by atoms with van der Waals surface area (Å²) in [5.74, 6) is 0.804. The number of ether oxygens (including phenoxy) is 2. The number of anilines is 1. The van der Waals surface area contributed by atoms with Crippen molar-refractivity contribution in [3.8, 4) is 11.5 Å². The number of hydrogen-bond acceptors (Lipinski definition) is 4. The van der Waals surface area contributed by atoms with Crippen LogP contribution < -0.4 is 14.4 Å². The number of amides is 2. The lowest BCUT2D eigenvalue weighted by molar-refractivity contribution is -0.124. The minimum absolute atomic E-state index is 0.171. The molecule has 0 spiro atoms. The van der Waals surface area contributed by atoms with Crippen molar-refractivity contribution in [1.82, 2.24) is 0 Å². The molecule has 0 saturated heterocycles. The number of carbonyl (C=O) groups is 2. The Bertz CT molecular complexity index is 791. The van der Waals surface area contributed by atoms with Crippen LogP contribution in [0.15, 0.2) is 54.6 Å². The molecule has 122 valence electrons. The Balaban J connectivity index is 1.87. The summed E-state index contributed by atoms with van der Waals surface area (Å²) in [5, 5.41) is 0. The van der Waals surface area contributed by atoms with Crippen molar-refractivity contribution in [1.29, 1.82) is 0 Å². The van der Waals surface area contributed by atoms with Crippen LogP contribution in [0.1, 0.15) is 12.0 Å². The van der Waals surface area contributed by atoms with E-state index in [4.69, 9.17) is 9.47 Å². The van der Waals surface area contributed by atoms with Crippen molar-refractivity contribution in [2.45, 2.75) is 6.42 Å². The van der Waals surface area contributed by atoms with E-state index < -0.39 is 0 Å². The van der Waals surface area contributed by atoms with Gasteiger partial charge in [-0.3, -0.25) is 9.59 Å². The zero-order valence-electron chi connectivity index (χ0n) is 13.5. The lowest BCUT2D eigenvalue weighted by Gasteiger charge is -2.25. The number of rotatable bonds is 4. The Hall–Kier alpha value is -3.08. The maximum absolute atomic E-state index is 12.5. The minimum atomic E-state index is -0.345. The highest BCUT2D eigenvalue weighted by Crippen LogP contribution is 2.29. The van der Waals surface area contributed by atoms with Crippen LogP contribution in [-0.2, 0) is 9.59 Å². The molecule has 0 N–H and O–H groups in total. The van der Waals surface area contributed by atoms with Crippen molar-refractivity contribution in [2.75, 3.05) is 19.1 Å². The molecule has 0 saturated carbocycles. The number of nitrogens with zero attached hydrogens (tertiary/aromatic N) is 1. The number of hydrogen-bond donors (Lipinski definition) is 0. The van der Waals surface area contributed by atoms with E-state index in [-0.39, 0.29) is 18.2 Å². The molecule has 0 aliphatic carbocycles. The average Bonchev–Trinajstić information content (AvgIpc) is 2.61. The lowest BCUT2D eigenvalue weighted by atomic mass is 9.98. The van der Waals surface area contributed by atoms with Crippen molar-refractivity contribution in [3.63, 3.8) is 0 Å². The van der Waals surface area contributed by atoms with Crippen molar-refractivity contribution in [2.24, 2.45) is 0 Å². The number of carbonyl (C=O) groups excluding carboxylic acids is 2. The van der Waals surface area contributed by atoms with E-state index in [1.54, 1.807) is 50.6 Å². The van der Waals surface area contributed by atoms with E-state index in [0.29, 0.717) is 17.0 Å². The SMILES string of the molecule is COc1ccc(C2=CC(=O)N(c3ccc(OC)cc3)C(=O)C2)cc1. The van der Waals surface area contributed by atoms with E-state index >= 15 is 0 Å². The largest absolute Gasteiger partial charge is 0.497 e. The zero-order valence-corrected chi connectivity index (χ0v) is 13.5. The molecule has 1 heterocycles. The van der Waals surface area contributed by atoms with Crippen LogP contribution in [-0.4, -0.2) is 26.0 Å². The number of benzene rings is 2. The van der Waals surface area contributed by atoms with Gasteiger partial charge in [-0.25, -0.2) is 4.90 Å². The molecule has 0 radical (unpaired) electrons. The van der Waals surface area contributed by atoms with Gasteiger partial charge in [0.15, 0.2) is 0 Å². The molecule has 0 atom stereocenters. The van der Waals surface area contributed by atoms with Gasteiger partial charge in [0.05, 0.1) is 26.3 Å². The highest BCUT2D eigenvalue weighted by Gasteiger charge is 2.28. The van der Waals surface area contributed by atoms with E-state index in [0.717, 1.165) is 11.3 Å². The second-order valence-electron chi connectivity index (χ2n) is 5.34.